The molecule has 0 spiro atoms. The molecule has 2 aromatic rings. The normalized spacial score (nSPS) is 18.2. The van der Waals surface area contributed by atoms with Crippen LogP contribution in [0.5, 0.6) is 5.75 Å². The molecule has 3 rings (SSSR count). The number of nitrogens with one attached hydrogen (secondary N) is 1. The van der Waals surface area contributed by atoms with Crippen LogP contribution in [0.25, 0.3) is 0 Å². The minimum atomic E-state index is -1.32. The van der Waals surface area contributed by atoms with Gasteiger partial charge in [-0.2, -0.15) is 0 Å². The number of carbonyl (C=O) groups is 2. The van der Waals surface area contributed by atoms with E-state index in [4.69, 9.17) is 0 Å². The highest BCUT2D eigenvalue weighted by molar-refractivity contribution is 5.94. The molecule has 1 saturated heterocycles. The molecule has 2 heterocycles. The second-order valence-corrected chi connectivity index (χ2v) is 7.52. The van der Waals surface area contributed by atoms with Gasteiger partial charge in [-0.25, -0.2) is 18.6 Å². The summed E-state index contributed by atoms with van der Waals surface area (Å²) in [6, 6.07) is 4.07. The maximum Gasteiger partial charge on any atom is 0.320 e. The molecule has 1 aromatic carbocycles. The number of halogens is 2. The summed E-state index contributed by atoms with van der Waals surface area (Å²) in [6.07, 6.45) is -1.42. The van der Waals surface area contributed by atoms with Gasteiger partial charge in [-0.15, -0.1) is 0 Å². The summed E-state index contributed by atoms with van der Waals surface area (Å²) in [6.45, 7) is -0.170. The van der Waals surface area contributed by atoms with Crippen LogP contribution < -0.4 is 10.9 Å². The number of alkyl halides is 1. The average Bonchev–Trinajstić information content (AvgIpc) is 3.12. The van der Waals surface area contributed by atoms with Crippen molar-refractivity contribution in [3.05, 3.63) is 57.5 Å². The maximum absolute atomic E-state index is 14.2. The first-order valence-electron chi connectivity index (χ1n) is 9.54. The number of urea groups is 1. The zero-order valence-corrected chi connectivity index (χ0v) is 17.3. The van der Waals surface area contributed by atoms with Crippen molar-refractivity contribution in [2.45, 2.75) is 25.2 Å². The van der Waals surface area contributed by atoms with Crippen molar-refractivity contribution in [2.24, 2.45) is 7.05 Å². The molecule has 166 valence electrons. The van der Waals surface area contributed by atoms with Crippen LogP contribution in [0.4, 0.5) is 13.6 Å². The zero-order valence-electron chi connectivity index (χ0n) is 17.3. The highest BCUT2D eigenvalue weighted by Gasteiger charge is 2.40. The predicted molar refractivity (Wildman–Crippen MR) is 107 cm³/mol. The van der Waals surface area contributed by atoms with Gasteiger partial charge in [0, 0.05) is 34.1 Å². The minimum Gasteiger partial charge on any atom is -0.501 e. The maximum atomic E-state index is 14.2. The zero-order chi connectivity index (χ0) is 22.9. The third kappa shape index (κ3) is 4.49. The number of likely N-dealkylation sites (tertiary alicyclic amines) is 1. The number of hydrogen-bond donors (Lipinski definition) is 2. The number of benzene rings is 1. The van der Waals surface area contributed by atoms with Gasteiger partial charge in [0.05, 0.1) is 12.6 Å². The van der Waals surface area contributed by atoms with Gasteiger partial charge in [-0.3, -0.25) is 14.2 Å². The van der Waals surface area contributed by atoms with Crippen molar-refractivity contribution in [2.75, 3.05) is 20.6 Å². The number of carbonyl (C=O) groups excluding carboxylic acids is 2. The van der Waals surface area contributed by atoms with Crippen molar-refractivity contribution in [3.63, 3.8) is 0 Å². The molecule has 0 radical (unpaired) electrons. The smallest absolute Gasteiger partial charge is 0.320 e. The Morgan fingerprint density at radius 2 is 1.94 bits per heavy atom. The molecule has 0 unspecified atom stereocenters. The fraction of sp³-hybridized carbons (Fsp3) is 0.400. The van der Waals surface area contributed by atoms with Crippen molar-refractivity contribution >= 4 is 11.9 Å². The largest absolute Gasteiger partial charge is 0.501 e. The topological polar surface area (TPSA) is 108 Å². The number of hydrogen-bond acceptors (Lipinski definition) is 5. The van der Waals surface area contributed by atoms with Gasteiger partial charge in [0.15, 0.2) is 5.69 Å². The van der Waals surface area contributed by atoms with E-state index in [-0.39, 0.29) is 25.3 Å². The molecular weight excluding hydrogens is 412 g/mol. The molecule has 31 heavy (non-hydrogen) atoms. The third-order valence-electron chi connectivity index (χ3n) is 5.06. The quantitative estimate of drug-likeness (QED) is 0.753. The first kappa shape index (κ1) is 22.2. The van der Waals surface area contributed by atoms with Gasteiger partial charge in [0.1, 0.15) is 17.8 Å². The lowest BCUT2D eigenvalue weighted by atomic mass is 10.1. The van der Waals surface area contributed by atoms with Crippen molar-refractivity contribution in [3.8, 4) is 5.75 Å². The van der Waals surface area contributed by atoms with E-state index in [2.05, 4.69) is 10.3 Å². The molecule has 0 aliphatic carbocycles. The summed E-state index contributed by atoms with van der Waals surface area (Å²) in [5, 5.41) is 12.7. The van der Waals surface area contributed by atoms with Gasteiger partial charge in [0.2, 0.25) is 5.75 Å². The Balaban J connectivity index is 1.92. The standard InChI is InChI=1S/C20H23F2N5O4/c1-25(2)20(31)27-10-13(22)8-14(27)17-24-15(16(28)19(30)26(17)3)18(29)23-9-11-4-6-12(21)7-5-11/h4-7,13-14,28H,8-10H2,1-3H3,(H,23,29)/t13-,14-/m0/s1. The van der Waals surface area contributed by atoms with Gasteiger partial charge in [-0.1, -0.05) is 12.1 Å². The molecule has 2 atom stereocenters. The van der Waals surface area contributed by atoms with Crippen molar-refractivity contribution in [1.82, 2.24) is 24.7 Å². The summed E-state index contributed by atoms with van der Waals surface area (Å²) in [5.41, 5.74) is -0.826. The van der Waals surface area contributed by atoms with Crippen LogP contribution in [0.15, 0.2) is 29.1 Å². The molecule has 2 N–H and O–H groups in total. The summed E-state index contributed by atoms with van der Waals surface area (Å²) in [5.74, 6) is -2.13. The van der Waals surface area contributed by atoms with Crippen molar-refractivity contribution < 1.29 is 23.5 Å². The Morgan fingerprint density at radius 1 is 1.29 bits per heavy atom. The minimum absolute atomic E-state index is 0.00595. The first-order chi connectivity index (χ1) is 14.6. The van der Waals surface area contributed by atoms with E-state index in [1.54, 1.807) is 0 Å². The molecule has 1 aliphatic rings. The van der Waals surface area contributed by atoms with E-state index >= 15 is 0 Å². The molecular formula is C20H23F2N5O4. The number of amides is 3. The van der Waals surface area contributed by atoms with Crippen LogP contribution >= 0.6 is 0 Å². The fourth-order valence-corrected chi connectivity index (χ4v) is 3.43. The van der Waals surface area contributed by atoms with Gasteiger partial charge in [0.25, 0.3) is 11.5 Å². The van der Waals surface area contributed by atoms with Gasteiger partial charge in [-0.05, 0) is 17.7 Å². The molecule has 3 amide bonds. The van der Waals surface area contributed by atoms with E-state index in [9.17, 15) is 28.3 Å². The number of nitrogens with zero attached hydrogens (tertiary/aromatic N) is 4. The second-order valence-electron chi connectivity index (χ2n) is 7.52. The van der Waals surface area contributed by atoms with Crippen LogP contribution in [-0.2, 0) is 13.6 Å². The van der Waals surface area contributed by atoms with E-state index in [0.717, 1.165) is 4.57 Å². The van der Waals surface area contributed by atoms with Crippen LogP contribution in [0.1, 0.15) is 34.3 Å². The SMILES string of the molecule is CN(C)C(=O)N1C[C@@H](F)C[C@H]1c1nc(C(=O)NCc2ccc(F)cc2)c(O)c(=O)n1C. The number of rotatable bonds is 4. The molecule has 1 fully saturated rings. The predicted octanol–water partition coefficient (Wildman–Crippen LogP) is 1.32. The Hall–Kier alpha value is -3.50. The van der Waals surface area contributed by atoms with Crippen molar-refractivity contribution in [1.29, 1.82) is 0 Å². The molecule has 9 nitrogen and oxygen atoms in total. The summed E-state index contributed by atoms with van der Waals surface area (Å²) >= 11 is 0. The number of aromatic nitrogens is 2. The fourth-order valence-electron chi connectivity index (χ4n) is 3.43. The van der Waals surface area contributed by atoms with Crippen LogP contribution in [0, 0.1) is 5.82 Å². The lowest BCUT2D eigenvalue weighted by Gasteiger charge is -2.28. The summed E-state index contributed by atoms with van der Waals surface area (Å²) < 4.78 is 28.2. The first-order valence-corrected chi connectivity index (χ1v) is 9.54. The van der Waals surface area contributed by atoms with Gasteiger partial charge < -0.3 is 20.2 Å². The molecule has 11 heteroatoms. The highest BCUT2D eigenvalue weighted by Crippen LogP contribution is 2.33. The van der Waals surface area contributed by atoms with E-state index < -0.39 is 47.0 Å². The summed E-state index contributed by atoms with van der Waals surface area (Å²) in [4.78, 5) is 44.2. The second kappa shape index (κ2) is 8.70. The van der Waals surface area contributed by atoms with E-state index in [1.165, 1.54) is 55.2 Å². The average molecular weight is 435 g/mol. The highest BCUT2D eigenvalue weighted by atomic mass is 19.1. The molecule has 0 bridgehead atoms. The van der Waals surface area contributed by atoms with Crippen LogP contribution in [-0.4, -0.2) is 63.2 Å². The Morgan fingerprint density at radius 3 is 2.55 bits per heavy atom. The van der Waals surface area contributed by atoms with E-state index in [0.29, 0.717) is 5.56 Å². The lowest BCUT2D eigenvalue weighted by Crippen LogP contribution is -2.41. The monoisotopic (exact) mass is 435 g/mol. The van der Waals surface area contributed by atoms with E-state index in [1.807, 2.05) is 0 Å². The molecule has 1 aromatic heterocycles. The summed E-state index contributed by atoms with van der Waals surface area (Å²) in [7, 11) is 4.36. The molecule has 1 aliphatic heterocycles. The lowest BCUT2D eigenvalue weighted by molar-refractivity contribution is 0.0941. The molecule has 0 saturated carbocycles. The van der Waals surface area contributed by atoms with Crippen LogP contribution in [0.2, 0.25) is 0 Å². The van der Waals surface area contributed by atoms with Crippen LogP contribution in [0.3, 0.4) is 0 Å². The Bertz CT molecular complexity index is 1050. The number of aromatic hydroxyl groups is 1. The Labute approximate surface area is 176 Å². The van der Waals surface area contributed by atoms with Gasteiger partial charge >= 0.3 is 6.03 Å². The Kier molecular flexibility index (Phi) is 6.23. The third-order valence-corrected chi connectivity index (χ3v) is 5.06.